The Morgan fingerprint density at radius 1 is 1.50 bits per heavy atom. The maximum Gasteiger partial charge on any atom is 0.131 e. The first kappa shape index (κ1) is 10.5. The van der Waals surface area contributed by atoms with Crippen molar-refractivity contribution in [1.82, 2.24) is 4.98 Å². The summed E-state index contributed by atoms with van der Waals surface area (Å²) in [6.07, 6.45) is 2.63. The van der Waals surface area contributed by atoms with Crippen LogP contribution in [-0.2, 0) is 6.42 Å². The van der Waals surface area contributed by atoms with Gasteiger partial charge in [0.15, 0.2) is 0 Å². The van der Waals surface area contributed by atoms with Gasteiger partial charge in [0.1, 0.15) is 11.9 Å². The molecule has 1 aromatic heterocycles. The van der Waals surface area contributed by atoms with Crippen LogP contribution in [0.25, 0.3) is 0 Å². The molecule has 0 bridgehead atoms. The summed E-state index contributed by atoms with van der Waals surface area (Å²) in [7, 11) is 2.02. The van der Waals surface area contributed by atoms with E-state index in [9.17, 15) is 0 Å². The largest absolute Gasteiger partial charge is 0.359 e. The normalized spacial score (nSPS) is 12.6. The molecule has 0 unspecified atom stereocenters. The number of rotatable bonds is 0. The highest BCUT2D eigenvalue weighted by molar-refractivity contribution is 5.53. The second-order valence-corrected chi connectivity index (χ2v) is 2.99. The Bertz CT molecular complexity index is 352. The zero-order valence-corrected chi connectivity index (χ0v) is 8.91. The lowest BCUT2D eigenvalue weighted by molar-refractivity contribution is 0.945. The molecule has 74 valence electrons. The molecule has 2 rings (SSSR count). The molecule has 0 amide bonds. The molecule has 1 aliphatic rings. The number of anilines is 1. The maximum atomic E-state index is 8.63. The second kappa shape index (κ2) is 4.61. The Balaban J connectivity index is 0.000000461. The van der Waals surface area contributed by atoms with E-state index < -0.39 is 0 Å². The Morgan fingerprint density at radius 2 is 2.21 bits per heavy atom. The van der Waals surface area contributed by atoms with Crippen LogP contribution < -0.4 is 4.90 Å². The molecule has 0 aromatic carbocycles. The van der Waals surface area contributed by atoms with E-state index >= 15 is 0 Å². The standard InChI is InChI=1S/C9H9N3.C2H6/c1-12-3-2-8-4-7(5-10)6-11-9(8)12;1-2/h4,6H,2-3H2,1H3;1-2H3. The summed E-state index contributed by atoms with van der Waals surface area (Å²) in [6.45, 7) is 5.01. The molecule has 0 aliphatic carbocycles. The van der Waals surface area contributed by atoms with Gasteiger partial charge in [-0.25, -0.2) is 4.98 Å². The lowest BCUT2D eigenvalue weighted by Crippen LogP contribution is -2.13. The van der Waals surface area contributed by atoms with Crippen LogP contribution >= 0.6 is 0 Å². The van der Waals surface area contributed by atoms with Crippen molar-refractivity contribution in [2.45, 2.75) is 20.3 Å². The molecule has 1 aliphatic heterocycles. The molecule has 3 nitrogen and oxygen atoms in total. The van der Waals surface area contributed by atoms with Gasteiger partial charge in [-0.1, -0.05) is 13.8 Å². The van der Waals surface area contributed by atoms with Crippen LogP contribution in [-0.4, -0.2) is 18.6 Å². The first-order valence-electron chi connectivity index (χ1n) is 4.91. The van der Waals surface area contributed by atoms with Crippen LogP contribution in [0, 0.1) is 11.3 Å². The number of nitriles is 1. The molecule has 0 saturated heterocycles. The Morgan fingerprint density at radius 3 is 2.86 bits per heavy atom. The number of aromatic nitrogens is 1. The molecule has 1 aromatic rings. The van der Waals surface area contributed by atoms with Gasteiger partial charge in [0, 0.05) is 19.8 Å². The van der Waals surface area contributed by atoms with E-state index in [4.69, 9.17) is 5.26 Å². The van der Waals surface area contributed by atoms with Crippen LogP contribution in [0.3, 0.4) is 0 Å². The first-order valence-corrected chi connectivity index (χ1v) is 4.91. The lowest BCUT2D eigenvalue weighted by Gasteiger charge is -2.09. The molecule has 0 fully saturated rings. The monoisotopic (exact) mass is 189 g/mol. The highest BCUT2D eigenvalue weighted by Gasteiger charge is 2.16. The summed E-state index contributed by atoms with van der Waals surface area (Å²) >= 11 is 0. The van der Waals surface area contributed by atoms with Crippen LogP contribution in [0.2, 0.25) is 0 Å². The van der Waals surface area contributed by atoms with Gasteiger partial charge in [0.2, 0.25) is 0 Å². The third-order valence-electron chi connectivity index (χ3n) is 2.15. The summed E-state index contributed by atoms with van der Waals surface area (Å²) in [4.78, 5) is 6.32. The van der Waals surface area contributed by atoms with Gasteiger partial charge in [0.25, 0.3) is 0 Å². The smallest absolute Gasteiger partial charge is 0.131 e. The van der Waals surface area contributed by atoms with Crippen molar-refractivity contribution < 1.29 is 0 Å². The van der Waals surface area contributed by atoms with Crippen LogP contribution in [0.5, 0.6) is 0 Å². The first-order chi connectivity index (χ1) is 6.81. The maximum absolute atomic E-state index is 8.63. The minimum absolute atomic E-state index is 0.657. The summed E-state index contributed by atoms with van der Waals surface area (Å²) in [5, 5.41) is 8.63. The SMILES string of the molecule is CC.CN1CCc2cc(C#N)cnc21. The summed E-state index contributed by atoms with van der Waals surface area (Å²) in [5.41, 5.74) is 1.85. The molecular formula is C11H15N3. The van der Waals surface area contributed by atoms with Gasteiger partial charge < -0.3 is 4.90 Å². The van der Waals surface area contributed by atoms with Crippen molar-refractivity contribution in [3.63, 3.8) is 0 Å². The number of nitrogens with zero attached hydrogens (tertiary/aromatic N) is 3. The van der Waals surface area contributed by atoms with Gasteiger partial charge in [-0.15, -0.1) is 0 Å². The zero-order chi connectivity index (χ0) is 10.6. The van der Waals surface area contributed by atoms with Gasteiger partial charge in [-0.2, -0.15) is 5.26 Å². The molecule has 0 atom stereocenters. The highest BCUT2D eigenvalue weighted by atomic mass is 15.2. The zero-order valence-electron chi connectivity index (χ0n) is 8.91. The average Bonchev–Trinajstić information content (AvgIpc) is 2.63. The third-order valence-corrected chi connectivity index (χ3v) is 2.15. The van der Waals surface area contributed by atoms with E-state index in [2.05, 4.69) is 16.0 Å². The van der Waals surface area contributed by atoms with Crippen molar-refractivity contribution >= 4 is 5.82 Å². The fourth-order valence-electron chi connectivity index (χ4n) is 1.49. The average molecular weight is 189 g/mol. The topological polar surface area (TPSA) is 39.9 Å². The fourth-order valence-corrected chi connectivity index (χ4v) is 1.49. The quantitative estimate of drug-likeness (QED) is 0.626. The van der Waals surface area contributed by atoms with E-state index in [-0.39, 0.29) is 0 Å². The van der Waals surface area contributed by atoms with E-state index in [0.717, 1.165) is 18.8 Å². The number of hydrogen-bond acceptors (Lipinski definition) is 3. The molecule has 0 N–H and O–H groups in total. The van der Waals surface area contributed by atoms with Crippen molar-refractivity contribution in [3.05, 3.63) is 23.4 Å². The summed E-state index contributed by atoms with van der Waals surface area (Å²) < 4.78 is 0. The highest BCUT2D eigenvalue weighted by Crippen LogP contribution is 2.23. The van der Waals surface area contributed by atoms with Crippen LogP contribution in [0.4, 0.5) is 5.82 Å². The van der Waals surface area contributed by atoms with E-state index in [1.807, 2.05) is 27.0 Å². The van der Waals surface area contributed by atoms with Gasteiger partial charge in [-0.3, -0.25) is 0 Å². The summed E-state index contributed by atoms with van der Waals surface area (Å²) in [5.74, 6) is 1.02. The predicted octanol–water partition coefficient (Wildman–Crippen LogP) is 1.97. The molecule has 14 heavy (non-hydrogen) atoms. The molecule has 2 heterocycles. The molecule has 0 spiro atoms. The molecule has 0 saturated carbocycles. The van der Waals surface area contributed by atoms with E-state index in [1.54, 1.807) is 6.20 Å². The summed E-state index contributed by atoms with van der Waals surface area (Å²) in [6, 6.07) is 4.01. The van der Waals surface area contributed by atoms with Gasteiger partial charge in [0.05, 0.1) is 5.56 Å². The Kier molecular flexibility index (Phi) is 3.47. The molecular weight excluding hydrogens is 174 g/mol. The van der Waals surface area contributed by atoms with Crippen LogP contribution in [0.1, 0.15) is 25.0 Å². The number of pyridine rings is 1. The van der Waals surface area contributed by atoms with Gasteiger partial charge in [-0.05, 0) is 18.1 Å². The predicted molar refractivity (Wildman–Crippen MR) is 57.3 cm³/mol. The number of fused-ring (bicyclic) bond motifs is 1. The third kappa shape index (κ3) is 1.85. The second-order valence-electron chi connectivity index (χ2n) is 2.99. The minimum atomic E-state index is 0.657. The van der Waals surface area contributed by atoms with Crippen molar-refractivity contribution in [1.29, 1.82) is 5.26 Å². The number of hydrogen-bond donors (Lipinski definition) is 0. The van der Waals surface area contributed by atoms with E-state index in [1.165, 1.54) is 5.56 Å². The Labute approximate surface area is 85.0 Å². The van der Waals surface area contributed by atoms with E-state index in [0.29, 0.717) is 5.56 Å². The van der Waals surface area contributed by atoms with Crippen LogP contribution in [0.15, 0.2) is 12.3 Å². The fraction of sp³-hybridized carbons (Fsp3) is 0.455. The minimum Gasteiger partial charge on any atom is -0.359 e. The van der Waals surface area contributed by atoms with Gasteiger partial charge >= 0.3 is 0 Å². The molecule has 3 heteroatoms. The molecule has 0 radical (unpaired) electrons. The van der Waals surface area contributed by atoms with Crippen molar-refractivity contribution in [2.24, 2.45) is 0 Å². The van der Waals surface area contributed by atoms with Crippen molar-refractivity contribution in [3.8, 4) is 6.07 Å². The lowest BCUT2D eigenvalue weighted by atomic mass is 10.2. The van der Waals surface area contributed by atoms with Crippen molar-refractivity contribution in [2.75, 3.05) is 18.5 Å². The number of likely N-dealkylation sites (N-methyl/N-ethyl adjacent to an activating group) is 1. The Hall–Kier alpha value is -1.56.